The summed E-state index contributed by atoms with van der Waals surface area (Å²) in [6.45, 7) is 12.7. The van der Waals surface area contributed by atoms with Gasteiger partial charge >= 0.3 is 5.97 Å². The second-order valence-electron chi connectivity index (χ2n) is 9.13. The van der Waals surface area contributed by atoms with Crippen molar-refractivity contribution in [2.75, 3.05) is 13.2 Å². The van der Waals surface area contributed by atoms with Crippen LogP contribution in [0.15, 0.2) is 24.3 Å². The number of benzene rings is 1. The van der Waals surface area contributed by atoms with E-state index < -0.39 is 30.4 Å². The molecule has 0 saturated heterocycles. The predicted molar refractivity (Wildman–Crippen MR) is 118 cm³/mol. The molecule has 0 unspecified atom stereocenters. The summed E-state index contributed by atoms with van der Waals surface area (Å²) in [5.41, 5.74) is 1.49. The van der Waals surface area contributed by atoms with Crippen LogP contribution in [0.5, 0.6) is 0 Å². The van der Waals surface area contributed by atoms with Crippen molar-refractivity contribution >= 4 is 23.7 Å². The van der Waals surface area contributed by atoms with Crippen LogP contribution in [0.1, 0.15) is 64.4 Å². The van der Waals surface area contributed by atoms with Gasteiger partial charge in [0.1, 0.15) is 6.04 Å². The Morgan fingerprint density at radius 2 is 1.48 bits per heavy atom. The zero-order valence-electron chi connectivity index (χ0n) is 19.5. The lowest BCUT2D eigenvalue weighted by Gasteiger charge is -2.22. The highest BCUT2D eigenvalue weighted by Gasteiger charge is 2.27. The molecule has 0 aliphatic carbocycles. The zero-order chi connectivity index (χ0) is 23.8. The number of nitrogens with one attached hydrogen (secondary N) is 3. The Bertz CT molecular complexity index is 779. The molecule has 0 fully saturated rings. The van der Waals surface area contributed by atoms with Gasteiger partial charge in [0.05, 0.1) is 6.54 Å². The molecule has 3 N–H and O–H groups in total. The van der Waals surface area contributed by atoms with Gasteiger partial charge in [-0.25, -0.2) is 4.79 Å². The molecule has 0 bridgehead atoms. The highest BCUT2D eigenvalue weighted by Crippen LogP contribution is 2.22. The van der Waals surface area contributed by atoms with E-state index in [9.17, 15) is 19.2 Å². The molecule has 1 aromatic carbocycles. The van der Waals surface area contributed by atoms with Crippen LogP contribution in [0.4, 0.5) is 0 Å². The third kappa shape index (κ3) is 9.19. The molecule has 0 aliphatic heterocycles. The standard InChI is InChI=1S/C23H35N3O5/c1-14(2)20(22(30)31-13-19(28)24-12-18(27)25-15(3)4)26-21(29)16-8-10-17(11-9-16)23(5,6)7/h8-11,14-15,20H,12-13H2,1-7H3,(H,24,28)(H,25,27)(H,26,29)/t20-/m0/s1. The van der Waals surface area contributed by atoms with E-state index in [0.717, 1.165) is 5.56 Å². The lowest BCUT2D eigenvalue weighted by Crippen LogP contribution is -2.46. The second-order valence-corrected chi connectivity index (χ2v) is 9.13. The maximum atomic E-state index is 12.6. The third-order valence-corrected chi connectivity index (χ3v) is 4.46. The van der Waals surface area contributed by atoms with E-state index in [2.05, 4.69) is 36.7 Å². The van der Waals surface area contributed by atoms with Gasteiger partial charge in [0.2, 0.25) is 5.91 Å². The fraction of sp³-hybridized carbons (Fsp3) is 0.565. The first-order valence-electron chi connectivity index (χ1n) is 10.5. The summed E-state index contributed by atoms with van der Waals surface area (Å²) < 4.78 is 5.04. The molecule has 172 valence electrons. The topological polar surface area (TPSA) is 114 Å². The van der Waals surface area contributed by atoms with Crippen LogP contribution in [0, 0.1) is 5.92 Å². The first-order valence-corrected chi connectivity index (χ1v) is 10.5. The molecule has 0 saturated carbocycles. The van der Waals surface area contributed by atoms with Crippen molar-refractivity contribution in [2.45, 2.75) is 66.0 Å². The summed E-state index contributed by atoms with van der Waals surface area (Å²) in [4.78, 5) is 48.4. The van der Waals surface area contributed by atoms with Gasteiger partial charge in [-0.1, -0.05) is 46.8 Å². The second kappa shape index (κ2) is 11.5. The molecule has 3 amide bonds. The van der Waals surface area contributed by atoms with Gasteiger partial charge in [0.25, 0.3) is 11.8 Å². The Morgan fingerprint density at radius 3 is 1.97 bits per heavy atom. The summed E-state index contributed by atoms with van der Waals surface area (Å²) in [5, 5.41) is 7.69. The number of amides is 3. The Morgan fingerprint density at radius 1 is 0.903 bits per heavy atom. The molecule has 0 heterocycles. The molecule has 31 heavy (non-hydrogen) atoms. The van der Waals surface area contributed by atoms with Gasteiger partial charge in [-0.15, -0.1) is 0 Å². The molecule has 0 aliphatic rings. The molecular weight excluding hydrogens is 398 g/mol. The number of hydrogen-bond acceptors (Lipinski definition) is 5. The van der Waals surface area contributed by atoms with Gasteiger partial charge in [0.15, 0.2) is 6.61 Å². The van der Waals surface area contributed by atoms with E-state index in [0.29, 0.717) is 5.56 Å². The van der Waals surface area contributed by atoms with Crippen molar-refractivity contribution in [3.05, 3.63) is 35.4 Å². The fourth-order valence-electron chi connectivity index (χ4n) is 2.67. The number of esters is 1. The summed E-state index contributed by atoms with van der Waals surface area (Å²) >= 11 is 0. The van der Waals surface area contributed by atoms with Gasteiger partial charge in [0, 0.05) is 11.6 Å². The molecule has 0 aromatic heterocycles. The normalized spacial score (nSPS) is 12.3. The summed E-state index contributed by atoms with van der Waals surface area (Å²) in [5.74, 6) is -2.29. The Labute approximate surface area is 184 Å². The van der Waals surface area contributed by atoms with Gasteiger partial charge in [-0.3, -0.25) is 14.4 Å². The molecule has 0 radical (unpaired) electrons. The molecular formula is C23H35N3O5. The van der Waals surface area contributed by atoms with Gasteiger partial charge in [-0.2, -0.15) is 0 Å². The van der Waals surface area contributed by atoms with Crippen molar-refractivity contribution in [1.29, 1.82) is 0 Å². The highest BCUT2D eigenvalue weighted by molar-refractivity contribution is 5.97. The molecule has 8 nitrogen and oxygen atoms in total. The molecule has 0 spiro atoms. The number of ether oxygens (including phenoxy) is 1. The summed E-state index contributed by atoms with van der Waals surface area (Å²) in [7, 11) is 0. The monoisotopic (exact) mass is 433 g/mol. The van der Waals surface area contributed by atoms with Crippen molar-refractivity contribution in [3.8, 4) is 0 Å². The summed E-state index contributed by atoms with van der Waals surface area (Å²) in [6.07, 6.45) is 0. The highest BCUT2D eigenvalue weighted by atomic mass is 16.5. The lowest BCUT2D eigenvalue weighted by atomic mass is 9.86. The van der Waals surface area contributed by atoms with E-state index in [1.807, 2.05) is 12.1 Å². The quantitative estimate of drug-likeness (QED) is 0.515. The Balaban J connectivity index is 2.62. The van der Waals surface area contributed by atoms with E-state index in [1.54, 1.807) is 39.8 Å². The van der Waals surface area contributed by atoms with Crippen LogP contribution in [0.2, 0.25) is 0 Å². The van der Waals surface area contributed by atoms with Crippen molar-refractivity contribution in [3.63, 3.8) is 0 Å². The zero-order valence-corrected chi connectivity index (χ0v) is 19.5. The summed E-state index contributed by atoms with van der Waals surface area (Å²) in [6, 6.07) is 6.26. The Hall–Kier alpha value is -2.90. The first kappa shape index (κ1) is 26.1. The van der Waals surface area contributed by atoms with Crippen molar-refractivity contribution in [2.24, 2.45) is 5.92 Å². The molecule has 1 atom stereocenters. The lowest BCUT2D eigenvalue weighted by molar-refractivity contribution is -0.151. The van der Waals surface area contributed by atoms with Crippen LogP contribution in [-0.2, 0) is 24.5 Å². The van der Waals surface area contributed by atoms with Crippen LogP contribution in [-0.4, -0.2) is 48.9 Å². The minimum atomic E-state index is -0.910. The van der Waals surface area contributed by atoms with E-state index in [-0.39, 0.29) is 29.8 Å². The largest absolute Gasteiger partial charge is 0.454 e. The number of hydrogen-bond donors (Lipinski definition) is 3. The van der Waals surface area contributed by atoms with E-state index in [4.69, 9.17) is 4.74 Å². The molecule has 1 rings (SSSR count). The average Bonchev–Trinajstić information content (AvgIpc) is 2.67. The predicted octanol–water partition coefficient (Wildman–Crippen LogP) is 1.92. The van der Waals surface area contributed by atoms with Crippen molar-refractivity contribution < 1.29 is 23.9 Å². The molecule has 1 aromatic rings. The smallest absolute Gasteiger partial charge is 0.329 e. The van der Waals surface area contributed by atoms with Crippen molar-refractivity contribution in [1.82, 2.24) is 16.0 Å². The Kier molecular flexibility index (Phi) is 9.68. The van der Waals surface area contributed by atoms with Gasteiger partial charge < -0.3 is 20.7 Å². The van der Waals surface area contributed by atoms with Gasteiger partial charge in [-0.05, 0) is 42.9 Å². The van der Waals surface area contributed by atoms with Crippen LogP contribution in [0.25, 0.3) is 0 Å². The van der Waals surface area contributed by atoms with Crippen LogP contribution in [0.3, 0.4) is 0 Å². The number of rotatable bonds is 9. The minimum Gasteiger partial charge on any atom is -0.454 e. The maximum Gasteiger partial charge on any atom is 0.329 e. The molecule has 8 heteroatoms. The SMILES string of the molecule is CC(C)NC(=O)CNC(=O)COC(=O)[C@@H](NC(=O)c1ccc(C(C)(C)C)cc1)C(C)C. The first-order chi connectivity index (χ1) is 14.3. The van der Waals surface area contributed by atoms with E-state index >= 15 is 0 Å². The van der Waals surface area contributed by atoms with Crippen LogP contribution >= 0.6 is 0 Å². The fourth-order valence-corrected chi connectivity index (χ4v) is 2.67. The van der Waals surface area contributed by atoms with E-state index in [1.165, 1.54) is 0 Å². The minimum absolute atomic E-state index is 0.0324. The number of carbonyl (C=O) groups is 4. The van der Waals surface area contributed by atoms with Crippen LogP contribution < -0.4 is 16.0 Å². The maximum absolute atomic E-state index is 12.6. The third-order valence-electron chi connectivity index (χ3n) is 4.46. The number of carbonyl (C=O) groups excluding carboxylic acids is 4. The average molecular weight is 434 g/mol.